The maximum atomic E-state index is 11.6. The molecule has 5 heteroatoms. The predicted molar refractivity (Wildman–Crippen MR) is 74.9 cm³/mol. The summed E-state index contributed by atoms with van der Waals surface area (Å²) in [7, 11) is 0. The van der Waals surface area contributed by atoms with E-state index >= 15 is 0 Å². The van der Waals surface area contributed by atoms with E-state index in [4.69, 9.17) is 5.11 Å². The predicted octanol–water partition coefficient (Wildman–Crippen LogP) is 2.19. The van der Waals surface area contributed by atoms with Gasteiger partial charge in [-0.3, -0.25) is 0 Å². The van der Waals surface area contributed by atoms with Gasteiger partial charge in [0.1, 0.15) is 0 Å². The zero-order valence-corrected chi connectivity index (χ0v) is 11.5. The van der Waals surface area contributed by atoms with Gasteiger partial charge in [-0.1, -0.05) is 0 Å². The number of aliphatic hydroxyl groups is 1. The van der Waals surface area contributed by atoms with E-state index in [9.17, 15) is 4.79 Å². The maximum Gasteiger partial charge on any atom is 0.319 e. The fourth-order valence-corrected chi connectivity index (χ4v) is 1.90. The molecule has 92 valence electrons. The second-order valence-corrected chi connectivity index (χ2v) is 5.72. The topological polar surface area (TPSA) is 61.4 Å². The van der Waals surface area contributed by atoms with Crippen molar-refractivity contribution >= 4 is 34.3 Å². The van der Waals surface area contributed by atoms with E-state index in [1.165, 1.54) is 0 Å². The van der Waals surface area contributed by atoms with Crippen molar-refractivity contribution in [3.05, 3.63) is 27.8 Å². The third-order valence-corrected chi connectivity index (χ3v) is 3.74. The number of hydrogen-bond acceptors (Lipinski definition) is 2. The molecule has 1 aromatic carbocycles. The van der Waals surface area contributed by atoms with Crippen LogP contribution in [-0.2, 0) is 0 Å². The van der Waals surface area contributed by atoms with Crippen LogP contribution >= 0.6 is 22.6 Å². The number of carbonyl (C=O) groups excluding carboxylic acids is 1. The second-order valence-electron chi connectivity index (χ2n) is 4.47. The van der Waals surface area contributed by atoms with Gasteiger partial charge in [0, 0.05) is 21.2 Å². The molecule has 1 saturated carbocycles. The lowest BCUT2D eigenvalue weighted by molar-refractivity contribution is 0.206. The molecule has 1 aliphatic rings. The molecule has 2 rings (SSSR count). The summed E-state index contributed by atoms with van der Waals surface area (Å²) in [5, 5.41) is 14.7. The smallest absolute Gasteiger partial charge is 0.319 e. The van der Waals surface area contributed by atoms with E-state index in [1.54, 1.807) is 0 Å². The first-order chi connectivity index (χ1) is 8.13. The molecule has 0 atom stereocenters. The van der Waals surface area contributed by atoms with Gasteiger partial charge in [0.05, 0.1) is 6.61 Å². The highest BCUT2D eigenvalue weighted by molar-refractivity contribution is 14.1. The molecule has 0 aliphatic heterocycles. The average molecular weight is 346 g/mol. The third kappa shape index (κ3) is 3.57. The minimum atomic E-state index is -0.217. The summed E-state index contributed by atoms with van der Waals surface area (Å²) in [5.74, 6) is 0. The van der Waals surface area contributed by atoms with Gasteiger partial charge in [0.25, 0.3) is 0 Å². The van der Waals surface area contributed by atoms with Crippen molar-refractivity contribution < 1.29 is 9.90 Å². The standard InChI is InChI=1S/C12H15IN2O2/c13-9-1-3-10(4-2-9)15-11(17)14-7-12(8-16)5-6-12/h1-4,16H,5-8H2,(H2,14,15,17). The summed E-state index contributed by atoms with van der Waals surface area (Å²) >= 11 is 2.21. The van der Waals surface area contributed by atoms with Crippen LogP contribution in [0.1, 0.15) is 12.8 Å². The van der Waals surface area contributed by atoms with E-state index in [-0.39, 0.29) is 18.1 Å². The Morgan fingerprint density at radius 3 is 2.53 bits per heavy atom. The molecule has 1 aromatic rings. The lowest BCUT2D eigenvalue weighted by atomic mass is 10.1. The van der Waals surface area contributed by atoms with E-state index in [0.717, 1.165) is 22.1 Å². The Morgan fingerprint density at radius 1 is 1.35 bits per heavy atom. The first-order valence-corrected chi connectivity index (χ1v) is 6.63. The number of carbonyl (C=O) groups is 1. The van der Waals surface area contributed by atoms with Crippen molar-refractivity contribution in [1.29, 1.82) is 0 Å². The van der Waals surface area contributed by atoms with Crippen LogP contribution in [0.25, 0.3) is 0 Å². The summed E-state index contributed by atoms with van der Waals surface area (Å²) in [6.07, 6.45) is 1.99. The Labute approximate surface area is 114 Å². The van der Waals surface area contributed by atoms with Gasteiger partial charge < -0.3 is 15.7 Å². The molecule has 0 radical (unpaired) electrons. The first kappa shape index (κ1) is 12.6. The van der Waals surface area contributed by atoms with E-state index in [0.29, 0.717) is 6.54 Å². The fourth-order valence-electron chi connectivity index (χ4n) is 1.54. The number of halogens is 1. The van der Waals surface area contributed by atoms with E-state index < -0.39 is 0 Å². The molecule has 3 N–H and O–H groups in total. The SMILES string of the molecule is O=C(NCC1(CO)CC1)Nc1ccc(I)cc1. The van der Waals surface area contributed by atoms with Gasteiger partial charge in [-0.2, -0.15) is 0 Å². The highest BCUT2D eigenvalue weighted by Gasteiger charge is 2.42. The molecule has 4 nitrogen and oxygen atoms in total. The Morgan fingerprint density at radius 2 is 2.00 bits per heavy atom. The number of aliphatic hydroxyl groups excluding tert-OH is 1. The van der Waals surface area contributed by atoms with Gasteiger partial charge in [-0.25, -0.2) is 4.79 Å². The molecule has 1 fully saturated rings. The fraction of sp³-hybridized carbons (Fsp3) is 0.417. The van der Waals surface area contributed by atoms with Crippen molar-refractivity contribution in [2.75, 3.05) is 18.5 Å². The summed E-state index contributed by atoms with van der Waals surface area (Å²) in [6.45, 7) is 0.691. The quantitative estimate of drug-likeness (QED) is 0.732. The molecule has 0 heterocycles. The van der Waals surface area contributed by atoms with Crippen LogP contribution in [0.2, 0.25) is 0 Å². The number of nitrogens with one attached hydrogen (secondary N) is 2. The van der Waals surface area contributed by atoms with Gasteiger partial charge >= 0.3 is 6.03 Å². The van der Waals surface area contributed by atoms with Crippen LogP contribution < -0.4 is 10.6 Å². The molecule has 0 aromatic heterocycles. The Bertz CT molecular complexity index is 401. The van der Waals surface area contributed by atoms with Gasteiger partial charge in [0.15, 0.2) is 0 Å². The van der Waals surface area contributed by atoms with Crippen LogP contribution in [0.5, 0.6) is 0 Å². The van der Waals surface area contributed by atoms with Crippen LogP contribution in [0.3, 0.4) is 0 Å². The van der Waals surface area contributed by atoms with Crippen LogP contribution in [0, 0.1) is 8.99 Å². The van der Waals surface area contributed by atoms with E-state index in [1.807, 2.05) is 24.3 Å². The highest BCUT2D eigenvalue weighted by atomic mass is 127. The second kappa shape index (κ2) is 5.22. The number of amides is 2. The Balaban J connectivity index is 1.79. The largest absolute Gasteiger partial charge is 0.396 e. The number of rotatable bonds is 4. The molecular formula is C12H15IN2O2. The van der Waals surface area contributed by atoms with Crippen LogP contribution in [0.15, 0.2) is 24.3 Å². The summed E-state index contributed by atoms with van der Waals surface area (Å²) in [5.41, 5.74) is 0.723. The van der Waals surface area contributed by atoms with Gasteiger partial charge in [0.2, 0.25) is 0 Å². The highest BCUT2D eigenvalue weighted by Crippen LogP contribution is 2.44. The van der Waals surface area contributed by atoms with Crippen molar-refractivity contribution in [3.8, 4) is 0 Å². The van der Waals surface area contributed by atoms with Crippen molar-refractivity contribution in [2.24, 2.45) is 5.41 Å². The summed E-state index contributed by atoms with van der Waals surface area (Å²) in [4.78, 5) is 11.6. The van der Waals surface area contributed by atoms with Crippen molar-refractivity contribution in [3.63, 3.8) is 0 Å². The minimum Gasteiger partial charge on any atom is -0.396 e. The maximum absolute atomic E-state index is 11.6. The number of urea groups is 1. The number of benzene rings is 1. The number of anilines is 1. The van der Waals surface area contributed by atoms with Crippen molar-refractivity contribution in [1.82, 2.24) is 5.32 Å². The lowest BCUT2D eigenvalue weighted by Gasteiger charge is -2.13. The molecule has 0 saturated heterocycles. The first-order valence-electron chi connectivity index (χ1n) is 5.55. The Kier molecular flexibility index (Phi) is 3.88. The monoisotopic (exact) mass is 346 g/mol. The number of hydrogen-bond donors (Lipinski definition) is 3. The van der Waals surface area contributed by atoms with Gasteiger partial charge in [-0.15, -0.1) is 0 Å². The molecule has 17 heavy (non-hydrogen) atoms. The average Bonchev–Trinajstić information content (AvgIpc) is 3.10. The molecule has 0 unspecified atom stereocenters. The minimum absolute atomic E-state index is 0.0522. The molecule has 1 aliphatic carbocycles. The summed E-state index contributed by atoms with van der Waals surface area (Å²) in [6, 6.07) is 7.38. The van der Waals surface area contributed by atoms with Crippen molar-refractivity contribution in [2.45, 2.75) is 12.8 Å². The van der Waals surface area contributed by atoms with E-state index in [2.05, 4.69) is 33.2 Å². The zero-order valence-electron chi connectivity index (χ0n) is 9.37. The molecule has 0 bridgehead atoms. The molecule has 2 amide bonds. The molecular weight excluding hydrogens is 331 g/mol. The third-order valence-electron chi connectivity index (χ3n) is 3.02. The normalized spacial score (nSPS) is 16.4. The molecule has 0 spiro atoms. The zero-order chi connectivity index (χ0) is 12.3. The van der Waals surface area contributed by atoms with Gasteiger partial charge in [-0.05, 0) is 59.7 Å². The summed E-state index contributed by atoms with van der Waals surface area (Å²) < 4.78 is 1.13. The van der Waals surface area contributed by atoms with Crippen LogP contribution in [0.4, 0.5) is 10.5 Å². The Hall–Kier alpha value is -0.820. The van der Waals surface area contributed by atoms with Crippen LogP contribution in [-0.4, -0.2) is 24.3 Å². The lowest BCUT2D eigenvalue weighted by Crippen LogP contribution is -2.35.